The molecule has 118 valence electrons. The van der Waals surface area contributed by atoms with Gasteiger partial charge < -0.3 is 14.3 Å². The Morgan fingerprint density at radius 3 is 2.14 bits per heavy atom. The molecule has 1 aromatic heterocycles. The van der Waals surface area contributed by atoms with E-state index >= 15 is 0 Å². The summed E-state index contributed by atoms with van der Waals surface area (Å²) in [4.78, 5) is 2.40. The fourth-order valence-corrected chi connectivity index (χ4v) is 2.42. The SMILES string of the molecule is CC1(C)OB(c2ccc3cc(C(F)(F)F)[nH]c3c2)OC1(C)C. The van der Waals surface area contributed by atoms with E-state index in [4.69, 9.17) is 9.31 Å². The lowest BCUT2D eigenvalue weighted by atomic mass is 9.79. The van der Waals surface area contributed by atoms with E-state index in [0.29, 0.717) is 16.4 Å². The maximum absolute atomic E-state index is 12.8. The molecule has 1 N–H and O–H groups in total. The van der Waals surface area contributed by atoms with Gasteiger partial charge in [-0.05, 0) is 50.7 Å². The first-order chi connectivity index (χ1) is 9.99. The van der Waals surface area contributed by atoms with Crippen molar-refractivity contribution in [3.8, 4) is 0 Å². The molecule has 0 saturated carbocycles. The quantitative estimate of drug-likeness (QED) is 0.818. The normalized spacial score (nSPS) is 20.8. The van der Waals surface area contributed by atoms with Gasteiger partial charge >= 0.3 is 13.3 Å². The molecule has 3 nitrogen and oxygen atoms in total. The maximum Gasteiger partial charge on any atom is 0.494 e. The maximum atomic E-state index is 12.8. The zero-order valence-corrected chi connectivity index (χ0v) is 12.8. The van der Waals surface area contributed by atoms with Crippen LogP contribution in [0.3, 0.4) is 0 Å². The Balaban J connectivity index is 1.97. The van der Waals surface area contributed by atoms with Crippen molar-refractivity contribution in [1.29, 1.82) is 0 Å². The van der Waals surface area contributed by atoms with E-state index < -0.39 is 30.2 Å². The summed E-state index contributed by atoms with van der Waals surface area (Å²) in [7, 11) is -0.591. The van der Waals surface area contributed by atoms with E-state index in [0.717, 1.165) is 6.07 Å². The number of fused-ring (bicyclic) bond motifs is 1. The van der Waals surface area contributed by atoms with Crippen LogP contribution in [0.15, 0.2) is 24.3 Å². The average Bonchev–Trinajstić information content (AvgIpc) is 2.87. The van der Waals surface area contributed by atoms with E-state index in [1.54, 1.807) is 18.2 Å². The van der Waals surface area contributed by atoms with Crippen molar-refractivity contribution in [3.63, 3.8) is 0 Å². The van der Waals surface area contributed by atoms with Gasteiger partial charge in [-0.1, -0.05) is 12.1 Å². The molecule has 0 aliphatic carbocycles. The fourth-order valence-electron chi connectivity index (χ4n) is 2.42. The number of hydrogen-bond acceptors (Lipinski definition) is 2. The van der Waals surface area contributed by atoms with Gasteiger partial charge in [-0.3, -0.25) is 0 Å². The lowest BCUT2D eigenvalue weighted by molar-refractivity contribution is -0.140. The van der Waals surface area contributed by atoms with Gasteiger partial charge in [0.1, 0.15) is 5.69 Å². The summed E-state index contributed by atoms with van der Waals surface area (Å²) < 4.78 is 50.1. The molecule has 7 heteroatoms. The highest BCUT2D eigenvalue weighted by atomic mass is 19.4. The highest BCUT2D eigenvalue weighted by molar-refractivity contribution is 6.62. The summed E-state index contributed by atoms with van der Waals surface area (Å²) in [5.41, 5.74) is -0.617. The molecule has 1 aromatic carbocycles. The molecule has 0 atom stereocenters. The largest absolute Gasteiger partial charge is 0.494 e. The number of alkyl halides is 3. The molecule has 1 fully saturated rings. The number of halogens is 3. The number of H-pyrrole nitrogens is 1. The number of hydrogen-bond donors (Lipinski definition) is 1. The van der Waals surface area contributed by atoms with Crippen LogP contribution in [0.5, 0.6) is 0 Å². The Kier molecular flexibility index (Phi) is 3.17. The van der Waals surface area contributed by atoms with Crippen molar-refractivity contribution < 1.29 is 22.5 Å². The lowest BCUT2D eigenvalue weighted by Gasteiger charge is -2.32. The summed E-state index contributed by atoms with van der Waals surface area (Å²) in [6, 6.07) is 6.12. The van der Waals surface area contributed by atoms with E-state index in [9.17, 15) is 13.2 Å². The van der Waals surface area contributed by atoms with Crippen molar-refractivity contribution in [1.82, 2.24) is 4.98 Å². The first-order valence-corrected chi connectivity index (χ1v) is 7.05. The van der Waals surface area contributed by atoms with Gasteiger partial charge in [0.15, 0.2) is 0 Å². The fraction of sp³-hybridized carbons (Fsp3) is 0.467. The summed E-state index contributed by atoms with van der Waals surface area (Å²) in [5.74, 6) is 0. The molecule has 0 radical (unpaired) electrons. The second kappa shape index (κ2) is 4.52. The standard InChI is InChI=1S/C15H17BF3NO2/c1-13(2)14(3,4)22-16(21-13)10-6-5-9-7-12(15(17,18)19)20-11(9)8-10/h5-8,20H,1-4H3. The number of aromatic nitrogens is 1. The molecule has 0 amide bonds. The summed E-state index contributed by atoms with van der Waals surface area (Å²) in [5, 5.41) is 0.507. The molecular weight excluding hydrogens is 294 g/mol. The van der Waals surface area contributed by atoms with Crippen LogP contribution >= 0.6 is 0 Å². The molecule has 22 heavy (non-hydrogen) atoms. The molecular formula is C15H17BF3NO2. The lowest BCUT2D eigenvalue weighted by Crippen LogP contribution is -2.41. The first kappa shape index (κ1) is 15.4. The Morgan fingerprint density at radius 2 is 1.59 bits per heavy atom. The predicted octanol–water partition coefficient (Wildman–Crippen LogP) is 3.49. The van der Waals surface area contributed by atoms with Gasteiger partial charge in [0.05, 0.1) is 11.2 Å². The van der Waals surface area contributed by atoms with Crippen LogP contribution in [-0.4, -0.2) is 23.3 Å². The molecule has 0 spiro atoms. The second-order valence-corrected chi connectivity index (χ2v) is 6.62. The van der Waals surface area contributed by atoms with Crippen LogP contribution < -0.4 is 5.46 Å². The van der Waals surface area contributed by atoms with Gasteiger partial charge in [-0.2, -0.15) is 13.2 Å². The van der Waals surface area contributed by atoms with Crippen LogP contribution in [0.4, 0.5) is 13.2 Å². The third-order valence-electron chi connectivity index (χ3n) is 4.48. The minimum atomic E-state index is -4.39. The van der Waals surface area contributed by atoms with Crippen LogP contribution in [0, 0.1) is 0 Å². The highest BCUT2D eigenvalue weighted by Crippen LogP contribution is 2.37. The summed E-state index contributed by atoms with van der Waals surface area (Å²) >= 11 is 0. The van der Waals surface area contributed by atoms with Gasteiger partial charge in [0.2, 0.25) is 0 Å². The predicted molar refractivity (Wildman–Crippen MR) is 79.0 cm³/mol. The van der Waals surface area contributed by atoms with Crippen LogP contribution in [-0.2, 0) is 15.5 Å². The molecule has 3 rings (SSSR count). The second-order valence-electron chi connectivity index (χ2n) is 6.62. The van der Waals surface area contributed by atoms with Gasteiger partial charge in [-0.25, -0.2) is 0 Å². The molecule has 1 saturated heterocycles. The average molecular weight is 311 g/mol. The van der Waals surface area contributed by atoms with E-state index in [1.165, 1.54) is 0 Å². The number of aromatic amines is 1. The van der Waals surface area contributed by atoms with Gasteiger partial charge in [0, 0.05) is 5.52 Å². The van der Waals surface area contributed by atoms with Crippen molar-refractivity contribution in [2.75, 3.05) is 0 Å². The molecule has 2 heterocycles. The monoisotopic (exact) mass is 311 g/mol. The smallest absolute Gasteiger partial charge is 0.399 e. The number of nitrogens with one attached hydrogen (secondary N) is 1. The Bertz CT molecular complexity index is 705. The van der Waals surface area contributed by atoms with Crippen LogP contribution in [0.1, 0.15) is 33.4 Å². The zero-order valence-electron chi connectivity index (χ0n) is 12.8. The number of rotatable bonds is 1. The third-order valence-corrected chi connectivity index (χ3v) is 4.48. The van der Waals surface area contributed by atoms with Crippen molar-refractivity contribution in [2.24, 2.45) is 0 Å². The Morgan fingerprint density at radius 1 is 1.00 bits per heavy atom. The first-order valence-electron chi connectivity index (χ1n) is 7.05. The van der Waals surface area contributed by atoms with Crippen LogP contribution in [0.25, 0.3) is 10.9 Å². The summed E-state index contributed by atoms with van der Waals surface area (Å²) in [6.45, 7) is 7.73. The van der Waals surface area contributed by atoms with Crippen LogP contribution in [0.2, 0.25) is 0 Å². The molecule has 0 bridgehead atoms. The van der Waals surface area contributed by atoms with Gasteiger partial charge in [-0.15, -0.1) is 0 Å². The third kappa shape index (κ3) is 2.42. The molecule has 1 aliphatic heterocycles. The van der Waals surface area contributed by atoms with E-state index in [-0.39, 0.29) is 0 Å². The number of benzene rings is 1. The van der Waals surface area contributed by atoms with E-state index in [1.807, 2.05) is 27.7 Å². The Labute approximate surface area is 126 Å². The molecule has 1 aliphatic rings. The topological polar surface area (TPSA) is 34.2 Å². The van der Waals surface area contributed by atoms with Crippen molar-refractivity contribution in [2.45, 2.75) is 45.1 Å². The Hall–Kier alpha value is -1.47. The summed E-state index contributed by atoms with van der Waals surface area (Å²) in [6.07, 6.45) is -4.39. The minimum absolute atomic E-state index is 0.416. The molecule has 0 unspecified atom stereocenters. The van der Waals surface area contributed by atoms with Gasteiger partial charge in [0.25, 0.3) is 0 Å². The zero-order chi connectivity index (χ0) is 16.3. The minimum Gasteiger partial charge on any atom is -0.399 e. The highest BCUT2D eigenvalue weighted by Gasteiger charge is 2.51. The van der Waals surface area contributed by atoms with Crippen molar-refractivity contribution in [3.05, 3.63) is 30.0 Å². The molecule has 2 aromatic rings. The van der Waals surface area contributed by atoms with Crippen molar-refractivity contribution >= 4 is 23.5 Å². The van der Waals surface area contributed by atoms with E-state index in [2.05, 4.69) is 4.98 Å².